The van der Waals surface area contributed by atoms with Gasteiger partial charge in [0, 0.05) is 25.0 Å². The van der Waals surface area contributed by atoms with Crippen molar-refractivity contribution in [1.29, 1.82) is 5.26 Å². The number of hydrogen-bond acceptors (Lipinski definition) is 7. The molecule has 0 unspecified atom stereocenters. The minimum Gasteiger partial charge on any atom is -0.497 e. The molecule has 178 valence electrons. The van der Waals surface area contributed by atoms with Crippen LogP contribution in [0.15, 0.2) is 83.9 Å². The Morgan fingerprint density at radius 2 is 1.67 bits per heavy atom. The predicted molar refractivity (Wildman–Crippen MR) is 136 cm³/mol. The fourth-order valence-electron chi connectivity index (χ4n) is 3.87. The quantitative estimate of drug-likeness (QED) is 0.364. The molecule has 0 aliphatic carbocycles. The molecule has 0 saturated carbocycles. The van der Waals surface area contributed by atoms with E-state index in [4.69, 9.17) is 4.74 Å². The highest BCUT2D eigenvalue weighted by Gasteiger charge is 2.12. The van der Waals surface area contributed by atoms with Gasteiger partial charge in [-0.1, -0.05) is 42.5 Å². The van der Waals surface area contributed by atoms with E-state index in [1.54, 1.807) is 34.7 Å². The summed E-state index contributed by atoms with van der Waals surface area (Å²) in [6.07, 6.45) is 3.66. The average Bonchev–Trinajstić information content (AvgIpc) is 3.32. The van der Waals surface area contributed by atoms with Gasteiger partial charge in [0.15, 0.2) is 5.65 Å². The second kappa shape index (κ2) is 10.1. The number of nitrogens with one attached hydrogen (secondary N) is 1. The number of anilines is 1. The second-order valence-corrected chi connectivity index (χ2v) is 8.26. The van der Waals surface area contributed by atoms with Gasteiger partial charge in [-0.3, -0.25) is 9.48 Å². The van der Waals surface area contributed by atoms with Crippen LogP contribution in [0.3, 0.4) is 0 Å². The molecule has 9 nitrogen and oxygen atoms in total. The van der Waals surface area contributed by atoms with Crippen LogP contribution in [0, 0.1) is 11.3 Å². The minimum absolute atomic E-state index is 0.0286. The summed E-state index contributed by atoms with van der Waals surface area (Å²) in [6, 6.07) is 22.9. The maximum absolute atomic E-state index is 12.0. The highest BCUT2D eigenvalue weighted by molar-refractivity contribution is 5.86. The maximum Gasteiger partial charge on any atom is 0.250 e. The fourth-order valence-corrected chi connectivity index (χ4v) is 3.87. The number of benzene rings is 2. The zero-order valence-corrected chi connectivity index (χ0v) is 19.6. The fraction of sp³-hybridized carbons (Fsp3) is 0.148. The van der Waals surface area contributed by atoms with Crippen molar-refractivity contribution >= 4 is 16.9 Å². The zero-order chi connectivity index (χ0) is 24.9. The van der Waals surface area contributed by atoms with Gasteiger partial charge in [0.25, 0.3) is 5.56 Å². The molecule has 36 heavy (non-hydrogen) atoms. The standard InChI is InChI=1S/C27H23N7O2/c1-36-22-11-9-19(10-12-22)15-29-26-23-18-34(32-27(23)31-24(14-28)30-26)17-21-7-5-20(6-8-21)16-33-13-3-2-4-25(33)35/h2-13,18H,15-17H2,1H3,(H,29,30,31,32). The van der Waals surface area contributed by atoms with Gasteiger partial charge in [0.05, 0.1) is 25.6 Å². The van der Waals surface area contributed by atoms with E-state index in [-0.39, 0.29) is 11.4 Å². The van der Waals surface area contributed by atoms with Crippen molar-refractivity contribution in [1.82, 2.24) is 24.3 Å². The largest absolute Gasteiger partial charge is 0.497 e. The number of pyridine rings is 1. The summed E-state index contributed by atoms with van der Waals surface area (Å²) in [4.78, 5) is 20.6. The Kier molecular flexibility index (Phi) is 6.40. The minimum atomic E-state index is -0.0286. The van der Waals surface area contributed by atoms with E-state index in [9.17, 15) is 10.1 Å². The van der Waals surface area contributed by atoms with Crippen molar-refractivity contribution in [3.63, 3.8) is 0 Å². The van der Waals surface area contributed by atoms with Crippen molar-refractivity contribution in [3.8, 4) is 11.8 Å². The Morgan fingerprint density at radius 3 is 2.36 bits per heavy atom. The Balaban J connectivity index is 1.33. The molecule has 0 radical (unpaired) electrons. The number of aromatic nitrogens is 5. The second-order valence-electron chi connectivity index (χ2n) is 8.26. The summed E-state index contributed by atoms with van der Waals surface area (Å²) in [5.41, 5.74) is 3.56. The van der Waals surface area contributed by atoms with Crippen LogP contribution < -0.4 is 15.6 Å². The third-order valence-electron chi connectivity index (χ3n) is 5.77. The molecule has 2 aromatic carbocycles. The van der Waals surface area contributed by atoms with Gasteiger partial charge in [0.2, 0.25) is 5.82 Å². The lowest BCUT2D eigenvalue weighted by Gasteiger charge is -2.07. The third-order valence-corrected chi connectivity index (χ3v) is 5.77. The predicted octanol–water partition coefficient (Wildman–Crippen LogP) is 3.58. The van der Waals surface area contributed by atoms with Gasteiger partial charge in [-0.2, -0.15) is 15.3 Å². The van der Waals surface area contributed by atoms with Gasteiger partial charge in [0.1, 0.15) is 17.6 Å². The van der Waals surface area contributed by atoms with Crippen LogP contribution in [0.25, 0.3) is 11.0 Å². The number of hydrogen-bond donors (Lipinski definition) is 1. The zero-order valence-electron chi connectivity index (χ0n) is 19.6. The summed E-state index contributed by atoms with van der Waals surface area (Å²) in [7, 11) is 1.63. The molecule has 5 aromatic rings. The first-order valence-corrected chi connectivity index (χ1v) is 11.4. The van der Waals surface area contributed by atoms with Crippen molar-refractivity contribution in [2.24, 2.45) is 0 Å². The van der Waals surface area contributed by atoms with E-state index in [0.29, 0.717) is 31.1 Å². The van der Waals surface area contributed by atoms with Crippen LogP contribution in [0.5, 0.6) is 5.75 Å². The summed E-state index contributed by atoms with van der Waals surface area (Å²) in [6.45, 7) is 1.57. The molecular weight excluding hydrogens is 454 g/mol. The van der Waals surface area contributed by atoms with Crippen molar-refractivity contribution in [2.75, 3.05) is 12.4 Å². The smallest absolute Gasteiger partial charge is 0.250 e. The van der Waals surface area contributed by atoms with Crippen molar-refractivity contribution < 1.29 is 4.74 Å². The first kappa shape index (κ1) is 22.8. The topological polar surface area (TPSA) is 111 Å². The molecule has 0 spiro atoms. The molecule has 5 rings (SSSR count). The van der Waals surface area contributed by atoms with Crippen molar-refractivity contribution in [2.45, 2.75) is 19.6 Å². The molecule has 1 N–H and O–H groups in total. The van der Waals surface area contributed by atoms with Gasteiger partial charge in [-0.25, -0.2) is 4.98 Å². The Labute approximate surface area is 207 Å². The van der Waals surface area contributed by atoms with Gasteiger partial charge < -0.3 is 14.6 Å². The number of ether oxygens (including phenoxy) is 1. The molecular formula is C27H23N7O2. The molecule has 0 aliphatic rings. The molecule has 0 amide bonds. The number of methoxy groups -OCH3 is 1. The summed E-state index contributed by atoms with van der Waals surface area (Å²) < 4.78 is 8.66. The molecule has 0 fully saturated rings. The van der Waals surface area contributed by atoms with Gasteiger partial charge in [-0.05, 0) is 34.9 Å². The summed E-state index contributed by atoms with van der Waals surface area (Å²) in [5, 5.41) is 18.0. The van der Waals surface area contributed by atoms with E-state index in [2.05, 4.69) is 20.4 Å². The van der Waals surface area contributed by atoms with E-state index in [1.165, 1.54) is 0 Å². The Bertz CT molecular complexity index is 1600. The first-order chi connectivity index (χ1) is 17.6. The molecule has 3 aromatic heterocycles. The lowest BCUT2D eigenvalue weighted by molar-refractivity contribution is 0.414. The normalized spacial score (nSPS) is 10.8. The van der Waals surface area contributed by atoms with Crippen LogP contribution >= 0.6 is 0 Å². The van der Waals surface area contributed by atoms with E-state index >= 15 is 0 Å². The number of nitrogens with zero attached hydrogens (tertiary/aromatic N) is 6. The van der Waals surface area contributed by atoms with Crippen LogP contribution in [0.2, 0.25) is 0 Å². The Morgan fingerprint density at radius 1 is 0.944 bits per heavy atom. The van der Waals surface area contributed by atoms with E-state index in [0.717, 1.165) is 27.8 Å². The highest BCUT2D eigenvalue weighted by Crippen LogP contribution is 2.21. The molecule has 0 saturated heterocycles. The average molecular weight is 478 g/mol. The monoisotopic (exact) mass is 477 g/mol. The van der Waals surface area contributed by atoms with Gasteiger partial charge in [-0.15, -0.1) is 0 Å². The number of fused-ring (bicyclic) bond motifs is 1. The van der Waals surface area contributed by atoms with Crippen LogP contribution in [0.4, 0.5) is 5.82 Å². The lowest BCUT2D eigenvalue weighted by Crippen LogP contribution is -2.18. The highest BCUT2D eigenvalue weighted by atomic mass is 16.5. The van der Waals surface area contributed by atoms with Crippen LogP contribution in [-0.2, 0) is 19.6 Å². The molecule has 9 heteroatoms. The first-order valence-electron chi connectivity index (χ1n) is 11.4. The molecule has 0 atom stereocenters. The van der Waals surface area contributed by atoms with Crippen LogP contribution in [0.1, 0.15) is 22.5 Å². The lowest BCUT2D eigenvalue weighted by atomic mass is 10.1. The molecule has 0 aliphatic heterocycles. The molecule has 0 bridgehead atoms. The third kappa shape index (κ3) is 5.08. The summed E-state index contributed by atoms with van der Waals surface area (Å²) >= 11 is 0. The van der Waals surface area contributed by atoms with E-state index in [1.807, 2.05) is 66.9 Å². The maximum atomic E-state index is 12.0. The number of nitriles is 1. The van der Waals surface area contributed by atoms with Crippen LogP contribution in [-0.4, -0.2) is 31.4 Å². The van der Waals surface area contributed by atoms with Gasteiger partial charge >= 0.3 is 0 Å². The SMILES string of the molecule is COc1ccc(CNc2nc(C#N)nc3nn(Cc4ccc(Cn5ccccc5=O)cc4)cc23)cc1. The Hall–Kier alpha value is -4.97. The molecule has 3 heterocycles. The van der Waals surface area contributed by atoms with E-state index < -0.39 is 0 Å². The van der Waals surface area contributed by atoms with Crippen molar-refractivity contribution in [3.05, 3.63) is 112 Å². The summed E-state index contributed by atoms with van der Waals surface area (Å²) in [5.74, 6) is 1.41. The number of rotatable bonds is 8.